The van der Waals surface area contributed by atoms with E-state index in [2.05, 4.69) is 10.6 Å². The Morgan fingerprint density at radius 2 is 1.65 bits per heavy atom. The Morgan fingerprint density at radius 1 is 1.10 bits per heavy atom. The summed E-state index contributed by atoms with van der Waals surface area (Å²) in [7, 11) is 0. The van der Waals surface area contributed by atoms with E-state index in [9.17, 15) is 9.59 Å². The summed E-state index contributed by atoms with van der Waals surface area (Å²) in [5.74, 6) is -0.163. The van der Waals surface area contributed by atoms with Crippen LogP contribution in [0.4, 0.5) is 4.79 Å². The summed E-state index contributed by atoms with van der Waals surface area (Å²) in [4.78, 5) is 23.0. The zero-order chi connectivity index (χ0) is 15.2. The van der Waals surface area contributed by atoms with Gasteiger partial charge < -0.3 is 20.5 Å². The van der Waals surface area contributed by atoms with Crippen LogP contribution in [0.1, 0.15) is 31.1 Å². The zero-order valence-electron chi connectivity index (χ0n) is 11.9. The fourth-order valence-electron chi connectivity index (χ4n) is 1.37. The Kier molecular flexibility index (Phi) is 5.37. The Balaban J connectivity index is 2.26. The van der Waals surface area contributed by atoms with E-state index in [0.717, 1.165) is 0 Å². The number of aromatic hydroxyl groups is 1. The third-order valence-electron chi connectivity index (χ3n) is 2.21. The molecule has 6 nitrogen and oxygen atoms in total. The topological polar surface area (TPSA) is 87.7 Å². The van der Waals surface area contributed by atoms with E-state index in [4.69, 9.17) is 9.84 Å². The number of rotatable bonds is 4. The fraction of sp³-hybridized carbons (Fsp3) is 0.429. The van der Waals surface area contributed by atoms with Gasteiger partial charge in [-0.05, 0) is 45.0 Å². The first-order valence-corrected chi connectivity index (χ1v) is 6.32. The molecule has 110 valence electrons. The summed E-state index contributed by atoms with van der Waals surface area (Å²) in [6.07, 6.45) is -0.517. The van der Waals surface area contributed by atoms with Crippen molar-refractivity contribution in [1.82, 2.24) is 10.6 Å². The van der Waals surface area contributed by atoms with E-state index in [0.29, 0.717) is 12.1 Å². The van der Waals surface area contributed by atoms with Crippen molar-refractivity contribution in [2.24, 2.45) is 0 Å². The van der Waals surface area contributed by atoms with Crippen LogP contribution in [0, 0.1) is 0 Å². The van der Waals surface area contributed by atoms with Crippen molar-refractivity contribution in [2.45, 2.75) is 26.4 Å². The molecule has 3 N–H and O–H groups in total. The molecular formula is C14H20N2O4. The first-order chi connectivity index (χ1) is 9.28. The van der Waals surface area contributed by atoms with E-state index in [1.165, 1.54) is 24.3 Å². The van der Waals surface area contributed by atoms with Gasteiger partial charge in [-0.1, -0.05) is 0 Å². The molecule has 0 saturated carbocycles. The van der Waals surface area contributed by atoms with Gasteiger partial charge in [-0.3, -0.25) is 4.79 Å². The Morgan fingerprint density at radius 3 is 2.20 bits per heavy atom. The summed E-state index contributed by atoms with van der Waals surface area (Å²) < 4.78 is 5.05. The molecule has 0 aliphatic carbocycles. The van der Waals surface area contributed by atoms with Crippen LogP contribution < -0.4 is 10.6 Å². The molecule has 0 aliphatic heterocycles. The van der Waals surface area contributed by atoms with Gasteiger partial charge >= 0.3 is 6.09 Å². The van der Waals surface area contributed by atoms with E-state index in [1.807, 2.05) is 0 Å². The van der Waals surface area contributed by atoms with Crippen LogP contribution in [0.2, 0.25) is 0 Å². The van der Waals surface area contributed by atoms with E-state index in [1.54, 1.807) is 20.8 Å². The average Bonchev–Trinajstić information content (AvgIpc) is 2.33. The number of phenols is 1. The maximum Gasteiger partial charge on any atom is 0.407 e. The molecule has 0 atom stereocenters. The summed E-state index contributed by atoms with van der Waals surface area (Å²) in [6, 6.07) is 5.92. The molecule has 1 aromatic carbocycles. The first kappa shape index (κ1) is 15.8. The third kappa shape index (κ3) is 6.08. The Bertz CT molecular complexity index is 463. The number of nitrogens with one attached hydrogen (secondary N) is 2. The summed E-state index contributed by atoms with van der Waals surface area (Å²) in [5.41, 5.74) is -0.0978. The molecule has 0 spiro atoms. The number of carbonyl (C=O) groups is 2. The number of hydrogen-bond acceptors (Lipinski definition) is 4. The molecule has 0 saturated heterocycles. The van der Waals surface area contributed by atoms with Crippen molar-refractivity contribution in [3.05, 3.63) is 29.8 Å². The van der Waals surface area contributed by atoms with Crippen LogP contribution in [0.3, 0.4) is 0 Å². The number of ether oxygens (including phenoxy) is 1. The van der Waals surface area contributed by atoms with Crippen molar-refractivity contribution in [3.63, 3.8) is 0 Å². The zero-order valence-corrected chi connectivity index (χ0v) is 11.9. The number of amides is 2. The molecule has 0 aromatic heterocycles. The largest absolute Gasteiger partial charge is 0.508 e. The second-order valence-corrected chi connectivity index (χ2v) is 5.23. The van der Waals surface area contributed by atoms with Crippen molar-refractivity contribution >= 4 is 12.0 Å². The molecule has 0 radical (unpaired) electrons. The molecular weight excluding hydrogens is 260 g/mol. The van der Waals surface area contributed by atoms with Crippen LogP contribution in [0.5, 0.6) is 5.75 Å². The van der Waals surface area contributed by atoms with E-state index >= 15 is 0 Å². The van der Waals surface area contributed by atoms with Gasteiger partial charge in [-0.15, -0.1) is 0 Å². The first-order valence-electron chi connectivity index (χ1n) is 6.32. The molecule has 0 bridgehead atoms. The summed E-state index contributed by atoms with van der Waals surface area (Å²) >= 11 is 0. The lowest BCUT2D eigenvalue weighted by Crippen LogP contribution is -2.37. The van der Waals surface area contributed by atoms with Gasteiger partial charge in [0.15, 0.2) is 0 Å². The lowest BCUT2D eigenvalue weighted by molar-refractivity contribution is 0.0526. The maximum absolute atomic E-state index is 11.7. The minimum atomic E-state index is -0.542. The van der Waals surface area contributed by atoms with Crippen LogP contribution in [-0.2, 0) is 4.74 Å². The standard InChI is InChI=1S/C14H20N2O4/c1-14(2,3)20-13(19)16-9-8-15-12(18)10-4-6-11(17)7-5-10/h4-7,17H,8-9H2,1-3H3,(H,15,18)(H,16,19). The molecule has 20 heavy (non-hydrogen) atoms. The number of phenolic OH excluding ortho intramolecular Hbond substituents is 1. The molecule has 2 amide bonds. The monoisotopic (exact) mass is 280 g/mol. The van der Waals surface area contributed by atoms with Crippen molar-refractivity contribution in [1.29, 1.82) is 0 Å². The molecule has 1 aromatic rings. The predicted molar refractivity (Wildman–Crippen MR) is 74.7 cm³/mol. The van der Waals surface area contributed by atoms with E-state index in [-0.39, 0.29) is 18.2 Å². The van der Waals surface area contributed by atoms with Gasteiger partial charge in [-0.2, -0.15) is 0 Å². The second-order valence-electron chi connectivity index (χ2n) is 5.23. The van der Waals surface area contributed by atoms with Crippen LogP contribution >= 0.6 is 0 Å². The van der Waals surface area contributed by atoms with Gasteiger partial charge in [0.1, 0.15) is 11.4 Å². The van der Waals surface area contributed by atoms with Crippen LogP contribution in [-0.4, -0.2) is 35.8 Å². The minimum absolute atomic E-state index is 0.105. The Labute approximate surface area is 118 Å². The quantitative estimate of drug-likeness (QED) is 0.732. The summed E-state index contributed by atoms with van der Waals surface area (Å²) in [6.45, 7) is 5.90. The van der Waals surface area contributed by atoms with Crippen molar-refractivity contribution < 1.29 is 19.4 Å². The lowest BCUT2D eigenvalue weighted by Gasteiger charge is -2.19. The normalized spacial score (nSPS) is 10.8. The third-order valence-corrected chi connectivity index (χ3v) is 2.21. The van der Waals surface area contributed by atoms with Crippen LogP contribution in [0.15, 0.2) is 24.3 Å². The molecule has 1 rings (SSSR count). The highest BCUT2D eigenvalue weighted by Gasteiger charge is 2.15. The highest BCUT2D eigenvalue weighted by atomic mass is 16.6. The fourth-order valence-corrected chi connectivity index (χ4v) is 1.37. The highest BCUT2D eigenvalue weighted by Crippen LogP contribution is 2.09. The smallest absolute Gasteiger partial charge is 0.407 e. The maximum atomic E-state index is 11.7. The van der Waals surface area contributed by atoms with Gasteiger partial charge in [0, 0.05) is 18.7 Å². The lowest BCUT2D eigenvalue weighted by atomic mass is 10.2. The molecule has 6 heteroatoms. The van der Waals surface area contributed by atoms with E-state index < -0.39 is 11.7 Å². The molecule has 0 fully saturated rings. The van der Waals surface area contributed by atoms with Gasteiger partial charge in [0.25, 0.3) is 5.91 Å². The van der Waals surface area contributed by atoms with Gasteiger partial charge in [0.05, 0.1) is 0 Å². The second kappa shape index (κ2) is 6.79. The minimum Gasteiger partial charge on any atom is -0.508 e. The average molecular weight is 280 g/mol. The number of carbonyl (C=O) groups excluding carboxylic acids is 2. The number of alkyl carbamates (subject to hydrolysis) is 1. The van der Waals surface area contributed by atoms with Crippen molar-refractivity contribution in [2.75, 3.05) is 13.1 Å². The molecule has 0 heterocycles. The number of benzene rings is 1. The van der Waals surface area contributed by atoms with Gasteiger partial charge in [-0.25, -0.2) is 4.79 Å². The predicted octanol–water partition coefficient (Wildman–Crippen LogP) is 1.65. The van der Waals surface area contributed by atoms with Crippen molar-refractivity contribution in [3.8, 4) is 5.75 Å². The molecule has 0 unspecified atom stereocenters. The SMILES string of the molecule is CC(C)(C)OC(=O)NCCNC(=O)c1ccc(O)cc1. The number of hydrogen-bond donors (Lipinski definition) is 3. The highest BCUT2D eigenvalue weighted by molar-refractivity contribution is 5.94. The Hall–Kier alpha value is -2.24. The summed E-state index contributed by atoms with van der Waals surface area (Å²) in [5, 5.41) is 14.3. The van der Waals surface area contributed by atoms with Gasteiger partial charge in [0.2, 0.25) is 0 Å². The molecule has 0 aliphatic rings. The van der Waals surface area contributed by atoms with Crippen LogP contribution in [0.25, 0.3) is 0 Å².